The summed E-state index contributed by atoms with van der Waals surface area (Å²) < 4.78 is 18.2. The van der Waals surface area contributed by atoms with Gasteiger partial charge in [-0.25, -0.2) is 4.39 Å². The van der Waals surface area contributed by atoms with Crippen LogP contribution in [0.4, 0.5) is 4.39 Å². The molecule has 26 heavy (non-hydrogen) atoms. The van der Waals surface area contributed by atoms with Gasteiger partial charge in [0.15, 0.2) is 0 Å². The third kappa shape index (κ3) is 6.41. The number of esters is 1. The van der Waals surface area contributed by atoms with Gasteiger partial charge in [-0.05, 0) is 62.4 Å². The molecule has 1 aliphatic rings. The SMILES string of the molecule is CCOC(=O)CC(NC(=O)CC(C)C1CCNCC1)c1ccc(F)cc1. The first-order valence-electron chi connectivity index (χ1n) is 9.40. The molecule has 0 bridgehead atoms. The lowest BCUT2D eigenvalue weighted by Gasteiger charge is -2.28. The number of ether oxygens (including phenoxy) is 1. The summed E-state index contributed by atoms with van der Waals surface area (Å²) in [4.78, 5) is 24.4. The van der Waals surface area contributed by atoms with Crippen LogP contribution in [-0.2, 0) is 14.3 Å². The van der Waals surface area contributed by atoms with E-state index in [1.165, 1.54) is 12.1 Å². The molecule has 0 aliphatic carbocycles. The summed E-state index contributed by atoms with van der Waals surface area (Å²) in [6.07, 6.45) is 2.62. The van der Waals surface area contributed by atoms with Crippen LogP contribution in [0.5, 0.6) is 0 Å². The molecule has 1 saturated heterocycles. The summed E-state index contributed by atoms with van der Waals surface area (Å²) in [6.45, 7) is 6.13. The van der Waals surface area contributed by atoms with E-state index in [1.807, 2.05) is 0 Å². The van der Waals surface area contributed by atoms with Gasteiger partial charge >= 0.3 is 5.97 Å². The molecule has 5 nitrogen and oxygen atoms in total. The van der Waals surface area contributed by atoms with Crippen LogP contribution in [0.1, 0.15) is 51.1 Å². The van der Waals surface area contributed by atoms with E-state index in [4.69, 9.17) is 4.74 Å². The van der Waals surface area contributed by atoms with Gasteiger partial charge < -0.3 is 15.4 Å². The van der Waals surface area contributed by atoms with Crippen LogP contribution in [0, 0.1) is 17.7 Å². The molecule has 1 aromatic rings. The van der Waals surface area contributed by atoms with Gasteiger partial charge in [0.2, 0.25) is 5.91 Å². The van der Waals surface area contributed by atoms with E-state index in [0.717, 1.165) is 25.9 Å². The van der Waals surface area contributed by atoms with Crippen LogP contribution in [0.2, 0.25) is 0 Å². The Balaban J connectivity index is 1.98. The second-order valence-corrected chi connectivity index (χ2v) is 6.95. The molecule has 1 aromatic carbocycles. The fraction of sp³-hybridized carbons (Fsp3) is 0.600. The van der Waals surface area contributed by atoms with Crippen molar-refractivity contribution in [3.63, 3.8) is 0 Å². The smallest absolute Gasteiger partial charge is 0.308 e. The number of hydrogen-bond acceptors (Lipinski definition) is 4. The Hall–Kier alpha value is -1.95. The van der Waals surface area contributed by atoms with Crippen LogP contribution < -0.4 is 10.6 Å². The monoisotopic (exact) mass is 364 g/mol. The van der Waals surface area contributed by atoms with E-state index >= 15 is 0 Å². The van der Waals surface area contributed by atoms with Crippen LogP contribution in [0.15, 0.2) is 24.3 Å². The van der Waals surface area contributed by atoms with Crippen molar-refractivity contribution < 1.29 is 18.7 Å². The summed E-state index contributed by atoms with van der Waals surface area (Å²) in [5.41, 5.74) is 0.697. The average molecular weight is 364 g/mol. The molecule has 2 rings (SSSR count). The summed E-state index contributed by atoms with van der Waals surface area (Å²) in [5.74, 6) is 0.00237. The number of carbonyl (C=O) groups is 2. The van der Waals surface area contributed by atoms with Gasteiger partial charge in [0.1, 0.15) is 5.82 Å². The van der Waals surface area contributed by atoms with Gasteiger partial charge in [-0.15, -0.1) is 0 Å². The molecule has 0 aromatic heterocycles. The topological polar surface area (TPSA) is 67.4 Å². The zero-order valence-corrected chi connectivity index (χ0v) is 15.6. The average Bonchev–Trinajstić information content (AvgIpc) is 2.62. The Morgan fingerprint density at radius 1 is 1.23 bits per heavy atom. The van der Waals surface area contributed by atoms with Crippen molar-refractivity contribution in [2.45, 2.75) is 45.6 Å². The zero-order valence-electron chi connectivity index (χ0n) is 15.6. The lowest BCUT2D eigenvalue weighted by atomic mass is 9.84. The summed E-state index contributed by atoms with van der Waals surface area (Å²) in [6, 6.07) is 5.34. The number of piperidine rings is 1. The van der Waals surface area contributed by atoms with E-state index in [2.05, 4.69) is 17.6 Å². The molecule has 144 valence electrons. The standard InChI is InChI=1S/C20H29FN2O3/c1-3-26-20(25)13-18(16-4-6-17(21)7-5-16)23-19(24)12-14(2)15-8-10-22-11-9-15/h4-7,14-15,18,22H,3,8-13H2,1-2H3,(H,23,24). The zero-order chi connectivity index (χ0) is 18.9. The molecular formula is C20H29FN2O3. The maximum atomic E-state index is 13.2. The second kappa shape index (κ2) is 10.3. The van der Waals surface area contributed by atoms with Gasteiger partial charge in [-0.2, -0.15) is 0 Å². The molecule has 1 fully saturated rings. The number of hydrogen-bond donors (Lipinski definition) is 2. The predicted octanol–water partition coefficient (Wildman–Crippen LogP) is 2.96. The molecule has 2 atom stereocenters. The first-order valence-corrected chi connectivity index (χ1v) is 9.40. The highest BCUT2D eigenvalue weighted by Crippen LogP contribution is 2.25. The molecular weight excluding hydrogens is 335 g/mol. The maximum Gasteiger partial charge on any atom is 0.308 e. The van der Waals surface area contributed by atoms with Gasteiger partial charge in [0.05, 0.1) is 19.1 Å². The normalized spacial score (nSPS) is 17.3. The van der Waals surface area contributed by atoms with Crippen molar-refractivity contribution in [1.29, 1.82) is 0 Å². The van der Waals surface area contributed by atoms with Crippen molar-refractivity contribution in [1.82, 2.24) is 10.6 Å². The highest BCUT2D eigenvalue weighted by Gasteiger charge is 2.24. The minimum absolute atomic E-state index is 0.0347. The minimum atomic E-state index is -0.512. The van der Waals surface area contributed by atoms with E-state index in [0.29, 0.717) is 17.9 Å². The Bertz CT molecular complexity index is 585. The molecule has 1 heterocycles. The van der Waals surface area contributed by atoms with Gasteiger partial charge in [-0.1, -0.05) is 19.1 Å². The molecule has 2 N–H and O–H groups in total. The van der Waals surface area contributed by atoms with Crippen LogP contribution in [0.25, 0.3) is 0 Å². The van der Waals surface area contributed by atoms with E-state index < -0.39 is 6.04 Å². The van der Waals surface area contributed by atoms with Crippen molar-refractivity contribution in [2.75, 3.05) is 19.7 Å². The Kier molecular flexibility index (Phi) is 8.04. The molecule has 1 amide bonds. The Labute approximate surface area is 154 Å². The predicted molar refractivity (Wildman–Crippen MR) is 97.9 cm³/mol. The third-order valence-corrected chi connectivity index (χ3v) is 4.98. The molecule has 2 unspecified atom stereocenters. The first-order chi connectivity index (χ1) is 12.5. The van der Waals surface area contributed by atoms with Crippen LogP contribution in [0.3, 0.4) is 0 Å². The van der Waals surface area contributed by atoms with Crippen molar-refractivity contribution >= 4 is 11.9 Å². The second-order valence-electron chi connectivity index (χ2n) is 6.95. The van der Waals surface area contributed by atoms with Crippen LogP contribution >= 0.6 is 0 Å². The van der Waals surface area contributed by atoms with Gasteiger partial charge in [-0.3, -0.25) is 9.59 Å². The molecule has 6 heteroatoms. The van der Waals surface area contributed by atoms with Gasteiger partial charge in [0.25, 0.3) is 0 Å². The highest BCUT2D eigenvalue weighted by atomic mass is 19.1. The fourth-order valence-electron chi connectivity index (χ4n) is 3.46. The molecule has 0 spiro atoms. The third-order valence-electron chi connectivity index (χ3n) is 4.98. The van der Waals surface area contributed by atoms with Crippen molar-refractivity contribution in [3.05, 3.63) is 35.6 Å². The Morgan fingerprint density at radius 3 is 2.50 bits per heavy atom. The minimum Gasteiger partial charge on any atom is -0.466 e. The number of carbonyl (C=O) groups excluding carboxylic acids is 2. The number of amides is 1. The fourth-order valence-corrected chi connectivity index (χ4v) is 3.46. The number of rotatable bonds is 8. The number of nitrogens with one attached hydrogen (secondary N) is 2. The van der Waals surface area contributed by atoms with Crippen LogP contribution in [-0.4, -0.2) is 31.6 Å². The summed E-state index contributed by atoms with van der Waals surface area (Å²) in [7, 11) is 0. The number of halogens is 1. The highest BCUT2D eigenvalue weighted by molar-refractivity contribution is 5.78. The van der Waals surface area contributed by atoms with Gasteiger partial charge in [0, 0.05) is 6.42 Å². The maximum absolute atomic E-state index is 13.2. The van der Waals surface area contributed by atoms with Crippen molar-refractivity contribution in [3.8, 4) is 0 Å². The Morgan fingerprint density at radius 2 is 1.88 bits per heavy atom. The first kappa shape index (κ1) is 20.4. The lowest BCUT2D eigenvalue weighted by molar-refractivity contribution is -0.143. The quantitative estimate of drug-likeness (QED) is 0.696. The molecule has 0 saturated carbocycles. The van der Waals surface area contributed by atoms with E-state index in [9.17, 15) is 14.0 Å². The molecule has 1 aliphatic heterocycles. The van der Waals surface area contributed by atoms with E-state index in [-0.39, 0.29) is 36.6 Å². The lowest BCUT2D eigenvalue weighted by Crippen LogP contribution is -2.35. The summed E-state index contributed by atoms with van der Waals surface area (Å²) >= 11 is 0. The summed E-state index contributed by atoms with van der Waals surface area (Å²) in [5, 5.41) is 6.27. The number of benzene rings is 1. The van der Waals surface area contributed by atoms with Crippen molar-refractivity contribution in [2.24, 2.45) is 11.8 Å². The largest absolute Gasteiger partial charge is 0.466 e. The van der Waals surface area contributed by atoms with E-state index in [1.54, 1.807) is 19.1 Å². The molecule has 0 radical (unpaired) electrons.